The number of hydrogen-bond acceptors (Lipinski definition) is 7. The summed E-state index contributed by atoms with van der Waals surface area (Å²) in [5.41, 5.74) is 1.51. The Hall–Kier alpha value is -3.16. The number of methoxy groups -OCH3 is 2. The third-order valence-electron chi connectivity index (χ3n) is 2.51. The summed E-state index contributed by atoms with van der Waals surface area (Å²) >= 11 is 0. The van der Waals surface area contributed by atoms with Gasteiger partial charge >= 0.3 is 23.9 Å². The highest BCUT2D eigenvalue weighted by Gasteiger charge is 2.00. The highest BCUT2D eigenvalue weighted by Crippen LogP contribution is 1.94. The van der Waals surface area contributed by atoms with Gasteiger partial charge in [-0.1, -0.05) is 39.7 Å². The molecule has 0 aromatic heterocycles. The molecule has 8 nitrogen and oxygen atoms in total. The maximum Gasteiger partial charge on any atom is 0.333 e. The summed E-state index contributed by atoms with van der Waals surface area (Å²) in [5.74, 6) is -1.91. The van der Waals surface area contributed by atoms with Crippen molar-refractivity contribution in [2.24, 2.45) is 0 Å². The zero-order valence-electron chi connectivity index (χ0n) is 19.3. The van der Waals surface area contributed by atoms with E-state index in [1.54, 1.807) is 20.8 Å². The van der Waals surface area contributed by atoms with Gasteiger partial charge in [-0.05, 0) is 34.1 Å². The van der Waals surface area contributed by atoms with E-state index < -0.39 is 5.97 Å². The van der Waals surface area contributed by atoms with Crippen LogP contribution in [0.2, 0.25) is 0 Å². The van der Waals surface area contributed by atoms with Crippen LogP contribution in [-0.4, -0.2) is 49.8 Å². The van der Waals surface area contributed by atoms with E-state index in [2.05, 4.69) is 42.7 Å². The molecule has 0 saturated carbocycles. The number of rotatable bonds is 7. The molecule has 0 spiro atoms. The minimum Gasteiger partial charge on any atom is -0.478 e. The van der Waals surface area contributed by atoms with Crippen LogP contribution in [0.15, 0.2) is 48.6 Å². The Morgan fingerprint density at radius 1 is 0.700 bits per heavy atom. The Labute approximate surface area is 179 Å². The average molecular weight is 429 g/mol. The number of ether oxygens (including phenoxy) is 3. The molecule has 0 radical (unpaired) electrons. The van der Waals surface area contributed by atoms with Gasteiger partial charge in [0.25, 0.3) is 0 Å². The molecule has 1 N–H and O–H groups in total. The van der Waals surface area contributed by atoms with Crippen LogP contribution in [0.3, 0.4) is 0 Å². The Kier molecular flexibility index (Phi) is 25.3. The van der Waals surface area contributed by atoms with E-state index in [9.17, 15) is 19.2 Å². The Bertz CT molecular complexity index is 577. The molecule has 0 aliphatic carbocycles. The van der Waals surface area contributed by atoms with Crippen molar-refractivity contribution in [2.75, 3.05) is 20.8 Å². The number of unbranched alkanes of at least 4 members (excludes halogenated alkanes) is 1. The van der Waals surface area contributed by atoms with Crippen molar-refractivity contribution in [3.8, 4) is 0 Å². The maximum atomic E-state index is 10.7. The molecule has 172 valence electrons. The monoisotopic (exact) mass is 428 g/mol. The Morgan fingerprint density at radius 2 is 1.00 bits per heavy atom. The summed E-state index contributed by atoms with van der Waals surface area (Å²) in [6.45, 7) is 22.2. The van der Waals surface area contributed by atoms with Crippen LogP contribution in [0.5, 0.6) is 0 Å². The number of hydrogen-bond donors (Lipinski definition) is 1. The second-order valence-electron chi connectivity index (χ2n) is 5.90. The third kappa shape index (κ3) is 29.6. The molecular weight excluding hydrogens is 392 g/mol. The fraction of sp³-hybridized carbons (Fsp3) is 0.455. The first-order chi connectivity index (χ1) is 13.7. The molecule has 0 heterocycles. The van der Waals surface area contributed by atoms with Gasteiger partial charge in [0.1, 0.15) is 0 Å². The van der Waals surface area contributed by atoms with E-state index in [1.165, 1.54) is 21.1 Å². The highest BCUT2D eigenvalue weighted by molar-refractivity contribution is 5.87. The van der Waals surface area contributed by atoms with Gasteiger partial charge < -0.3 is 19.3 Å². The van der Waals surface area contributed by atoms with E-state index in [0.717, 1.165) is 12.8 Å². The summed E-state index contributed by atoms with van der Waals surface area (Å²) in [5, 5.41) is 7.89. The van der Waals surface area contributed by atoms with Crippen molar-refractivity contribution < 1.29 is 38.5 Å². The second-order valence-corrected chi connectivity index (χ2v) is 5.90. The molecule has 0 aromatic rings. The molecule has 0 saturated heterocycles. The SMILES string of the molecule is C=C(C)C(=O)O.C=C(C)C(=O)OC.C=C(C)C(=O)OC.C=C(C)C(=O)OCCCC. The first-order valence-electron chi connectivity index (χ1n) is 8.88. The molecular formula is C22H36O8. The second kappa shape index (κ2) is 22.1. The van der Waals surface area contributed by atoms with Gasteiger partial charge in [0.2, 0.25) is 0 Å². The number of carbonyl (C=O) groups is 4. The Morgan fingerprint density at radius 3 is 1.13 bits per heavy atom. The Balaban J connectivity index is -0.000000153. The zero-order chi connectivity index (χ0) is 24.9. The lowest BCUT2D eigenvalue weighted by Gasteiger charge is -2.01. The molecule has 0 atom stereocenters. The lowest BCUT2D eigenvalue weighted by Crippen LogP contribution is -2.05. The lowest BCUT2D eigenvalue weighted by molar-refractivity contribution is -0.139. The minimum absolute atomic E-state index is 0.176. The van der Waals surface area contributed by atoms with Crippen molar-refractivity contribution in [3.05, 3.63) is 48.6 Å². The fourth-order valence-corrected chi connectivity index (χ4v) is 0.781. The van der Waals surface area contributed by atoms with E-state index in [4.69, 9.17) is 9.84 Å². The van der Waals surface area contributed by atoms with E-state index in [1.807, 2.05) is 0 Å². The van der Waals surface area contributed by atoms with Gasteiger partial charge in [0.15, 0.2) is 0 Å². The van der Waals surface area contributed by atoms with E-state index in [0.29, 0.717) is 23.3 Å². The van der Waals surface area contributed by atoms with Crippen molar-refractivity contribution >= 4 is 23.9 Å². The molecule has 0 fully saturated rings. The molecule has 0 rings (SSSR count). The molecule has 0 amide bonds. The topological polar surface area (TPSA) is 116 Å². The van der Waals surface area contributed by atoms with Gasteiger partial charge in [-0.15, -0.1) is 0 Å². The summed E-state index contributed by atoms with van der Waals surface area (Å²) in [7, 11) is 2.66. The maximum absolute atomic E-state index is 10.7. The lowest BCUT2D eigenvalue weighted by atomic mass is 10.3. The van der Waals surface area contributed by atoms with Crippen LogP contribution in [-0.2, 0) is 33.4 Å². The third-order valence-corrected chi connectivity index (χ3v) is 2.51. The van der Waals surface area contributed by atoms with E-state index in [-0.39, 0.29) is 23.5 Å². The average Bonchev–Trinajstić information content (AvgIpc) is 2.67. The summed E-state index contributed by atoms with van der Waals surface area (Å²) < 4.78 is 13.4. The van der Waals surface area contributed by atoms with Crippen LogP contribution in [0.25, 0.3) is 0 Å². The molecule has 0 aromatic carbocycles. The van der Waals surface area contributed by atoms with Crippen LogP contribution in [0, 0.1) is 0 Å². The number of carboxylic acids is 1. The van der Waals surface area contributed by atoms with Crippen LogP contribution < -0.4 is 0 Å². The molecule has 0 unspecified atom stereocenters. The predicted octanol–water partition coefficient (Wildman–Crippen LogP) is 4.02. The number of esters is 3. The van der Waals surface area contributed by atoms with Crippen LogP contribution >= 0.6 is 0 Å². The molecule has 8 heteroatoms. The largest absolute Gasteiger partial charge is 0.478 e. The van der Waals surface area contributed by atoms with Crippen LogP contribution in [0.1, 0.15) is 47.5 Å². The van der Waals surface area contributed by atoms with Gasteiger partial charge in [-0.2, -0.15) is 0 Å². The van der Waals surface area contributed by atoms with Crippen LogP contribution in [0.4, 0.5) is 0 Å². The van der Waals surface area contributed by atoms with Crippen molar-refractivity contribution in [3.63, 3.8) is 0 Å². The molecule has 30 heavy (non-hydrogen) atoms. The molecule has 0 bridgehead atoms. The predicted molar refractivity (Wildman–Crippen MR) is 117 cm³/mol. The van der Waals surface area contributed by atoms with Crippen molar-refractivity contribution in [1.29, 1.82) is 0 Å². The van der Waals surface area contributed by atoms with Gasteiger partial charge in [0.05, 0.1) is 20.8 Å². The van der Waals surface area contributed by atoms with Gasteiger partial charge in [-0.25, -0.2) is 19.2 Å². The fourth-order valence-electron chi connectivity index (χ4n) is 0.781. The minimum atomic E-state index is -0.935. The number of carbonyl (C=O) groups excluding carboxylic acids is 3. The summed E-state index contributed by atoms with van der Waals surface area (Å²) in [6, 6.07) is 0. The number of aliphatic carboxylic acids is 1. The van der Waals surface area contributed by atoms with Crippen molar-refractivity contribution in [2.45, 2.75) is 47.5 Å². The molecule has 0 aliphatic rings. The first-order valence-corrected chi connectivity index (χ1v) is 8.88. The van der Waals surface area contributed by atoms with Crippen molar-refractivity contribution in [1.82, 2.24) is 0 Å². The number of carboxylic acid groups (broad SMARTS) is 1. The highest BCUT2D eigenvalue weighted by atomic mass is 16.5. The van der Waals surface area contributed by atoms with Gasteiger partial charge in [0, 0.05) is 22.3 Å². The standard InChI is InChI=1S/C8H14O2.2C5H8O2.C4H6O2/c1-4-5-6-10-8(9)7(2)3;2*1-4(2)5(6)7-3;1-3(2)4(5)6/h2,4-6H2,1,3H3;2*1H2,2-3H3;1H2,2H3,(H,5,6). The summed E-state index contributed by atoms with van der Waals surface area (Å²) in [6.07, 6.45) is 1.97. The van der Waals surface area contributed by atoms with E-state index >= 15 is 0 Å². The van der Waals surface area contributed by atoms with Gasteiger partial charge in [-0.3, -0.25) is 0 Å². The quantitative estimate of drug-likeness (QED) is 0.280. The first kappa shape index (κ1) is 34.4. The zero-order valence-corrected chi connectivity index (χ0v) is 19.3. The smallest absolute Gasteiger partial charge is 0.333 e. The summed E-state index contributed by atoms with van der Waals surface area (Å²) in [4.78, 5) is 40.7. The normalized spacial score (nSPS) is 8.10. The molecule has 0 aliphatic heterocycles.